The van der Waals surface area contributed by atoms with E-state index >= 15 is 0 Å². The number of ether oxygens (including phenoxy) is 2. The third kappa shape index (κ3) is 3.90. The van der Waals surface area contributed by atoms with Crippen molar-refractivity contribution in [2.45, 2.75) is 18.9 Å². The Morgan fingerprint density at radius 2 is 2.27 bits per heavy atom. The first-order valence-electron chi connectivity index (χ1n) is 6.98. The summed E-state index contributed by atoms with van der Waals surface area (Å²) in [7, 11) is 1.45. The molecule has 1 aromatic rings. The molecule has 2 N–H and O–H groups in total. The molecule has 22 heavy (non-hydrogen) atoms. The van der Waals surface area contributed by atoms with Crippen molar-refractivity contribution in [2.75, 3.05) is 20.3 Å². The van der Waals surface area contributed by atoms with E-state index in [0.717, 1.165) is 6.42 Å². The number of methoxy groups -OCH3 is 1. The van der Waals surface area contributed by atoms with Gasteiger partial charge in [-0.05, 0) is 31.0 Å². The Bertz CT molecular complexity index is 557. The highest BCUT2D eigenvalue weighted by molar-refractivity contribution is 6.32. The smallest absolute Gasteiger partial charge is 0.326 e. The number of carboxylic acids is 1. The number of carboxylic acid groups (broad SMARTS) is 1. The Hall–Kier alpha value is -1.79. The van der Waals surface area contributed by atoms with Crippen LogP contribution in [0.4, 0.5) is 0 Å². The van der Waals surface area contributed by atoms with Crippen molar-refractivity contribution >= 4 is 23.5 Å². The fourth-order valence-electron chi connectivity index (χ4n) is 2.44. The molecule has 0 unspecified atom stereocenters. The van der Waals surface area contributed by atoms with Gasteiger partial charge in [0.25, 0.3) is 5.91 Å². The van der Waals surface area contributed by atoms with Crippen LogP contribution in [0, 0.1) is 5.92 Å². The van der Waals surface area contributed by atoms with E-state index in [1.165, 1.54) is 25.3 Å². The molecule has 1 aliphatic rings. The van der Waals surface area contributed by atoms with E-state index < -0.39 is 17.9 Å². The minimum absolute atomic E-state index is 0.232. The Morgan fingerprint density at radius 1 is 1.50 bits per heavy atom. The summed E-state index contributed by atoms with van der Waals surface area (Å²) in [6.07, 6.45) is 1.50. The number of aliphatic carboxylic acids is 1. The van der Waals surface area contributed by atoms with E-state index in [9.17, 15) is 14.7 Å². The first-order valence-corrected chi connectivity index (χ1v) is 7.35. The molecular weight excluding hydrogens is 310 g/mol. The number of hydrogen-bond acceptors (Lipinski definition) is 4. The van der Waals surface area contributed by atoms with Crippen molar-refractivity contribution in [1.29, 1.82) is 0 Å². The van der Waals surface area contributed by atoms with E-state index in [1.54, 1.807) is 0 Å². The van der Waals surface area contributed by atoms with Gasteiger partial charge in [-0.15, -0.1) is 0 Å². The Labute approximate surface area is 133 Å². The second-order valence-electron chi connectivity index (χ2n) is 5.12. The second kappa shape index (κ2) is 7.47. The maximum absolute atomic E-state index is 12.3. The van der Waals surface area contributed by atoms with Gasteiger partial charge in [0.2, 0.25) is 0 Å². The van der Waals surface area contributed by atoms with Crippen LogP contribution in [-0.2, 0) is 9.53 Å². The van der Waals surface area contributed by atoms with Gasteiger partial charge >= 0.3 is 5.97 Å². The molecule has 6 nitrogen and oxygen atoms in total. The number of carbonyl (C=O) groups is 2. The lowest BCUT2D eigenvalue weighted by atomic mass is 9.93. The SMILES string of the molecule is COc1cc(C(=O)N[C@@H](C(=O)O)[C@@H]2CCCOC2)ccc1Cl. The number of benzene rings is 1. The summed E-state index contributed by atoms with van der Waals surface area (Å²) in [6.45, 7) is 0.965. The summed E-state index contributed by atoms with van der Waals surface area (Å²) in [4.78, 5) is 23.7. The Morgan fingerprint density at radius 3 is 2.86 bits per heavy atom. The van der Waals surface area contributed by atoms with Crippen LogP contribution in [0.5, 0.6) is 5.75 Å². The Kier molecular flexibility index (Phi) is 5.63. The van der Waals surface area contributed by atoms with Crippen LogP contribution in [-0.4, -0.2) is 43.3 Å². The molecule has 120 valence electrons. The minimum atomic E-state index is -1.07. The summed E-state index contributed by atoms with van der Waals surface area (Å²) in [5.74, 6) is -1.41. The fourth-order valence-corrected chi connectivity index (χ4v) is 2.63. The average Bonchev–Trinajstić information content (AvgIpc) is 2.53. The van der Waals surface area contributed by atoms with E-state index in [-0.39, 0.29) is 5.92 Å². The van der Waals surface area contributed by atoms with Crippen molar-refractivity contribution in [1.82, 2.24) is 5.32 Å². The zero-order valence-corrected chi connectivity index (χ0v) is 12.9. The van der Waals surface area contributed by atoms with Crippen LogP contribution < -0.4 is 10.1 Å². The standard InChI is InChI=1S/C15H18ClNO5/c1-21-12-7-9(4-5-11(12)16)14(18)17-13(15(19)20)10-3-2-6-22-8-10/h4-5,7,10,13H,2-3,6,8H2,1H3,(H,17,18)(H,19,20)/t10-,13-/m1/s1. The number of hydrogen-bond donors (Lipinski definition) is 2. The quantitative estimate of drug-likeness (QED) is 0.863. The van der Waals surface area contributed by atoms with Crippen LogP contribution in [0.15, 0.2) is 18.2 Å². The summed E-state index contributed by atoms with van der Waals surface area (Å²) >= 11 is 5.91. The molecule has 0 spiro atoms. The highest BCUT2D eigenvalue weighted by atomic mass is 35.5. The molecule has 1 aromatic carbocycles. The predicted octanol–water partition coefficient (Wildman–Crippen LogP) is 1.96. The lowest BCUT2D eigenvalue weighted by molar-refractivity contribution is -0.142. The second-order valence-corrected chi connectivity index (χ2v) is 5.52. The van der Waals surface area contributed by atoms with Gasteiger partial charge in [0, 0.05) is 18.1 Å². The third-order valence-electron chi connectivity index (χ3n) is 3.63. The molecular formula is C15H18ClNO5. The summed E-state index contributed by atoms with van der Waals surface area (Å²) in [6, 6.07) is 3.56. The molecule has 7 heteroatoms. The zero-order valence-electron chi connectivity index (χ0n) is 12.2. The lowest BCUT2D eigenvalue weighted by Gasteiger charge is -2.28. The van der Waals surface area contributed by atoms with Crippen molar-refractivity contribution in [2.24, 2.45) is 5.92 Å². The molecule has 1 saturated heterocycles. The van der Waals surface area contributed by atoms with Gasteiger partial charge in [-0.25, -0.2) is 4.79 Å². The molecule has 0 aromatic heterocycles. The van der Waals surface area contributed by atoms with Crippen molar-refractivity contribution < 1.29 is 24.2 Å². The molecule has 1 aliphatic heterocycles. The molecule has 1 amide bonds. The first-order chi connectivity index (χ1) is 10.5. The maximum Gasteiger partial charge on any atom is 0.326 e. The topological polar surface area (TPSA) is 84.9 Å². The number of halogens is 1. The molecule has 0 saturated carbocycles. The average molecular weight is 328 g/mol. The van der Waals surface area contributed by atoms with E-state index in [0.29, 0.717) is 36.0 Å². The third-order valence-corrected chi connectivity index (χ3v) is 3.95. The normalized spacial score (nSPS) is 19.3. The van der Waals surface area contributed by atoms with Crippen molar-refractivity contribution in [3.63, 3.8) is 0 Å². The number of amides is 1. The molecule has 0 aliphatic carbocycles. The van der Waals surface area contributed by atoms with Crippen LogP contribution in [0.25, 0.3) is 0 Å². The first kappa shape index (κ1) is 16.6. The largest absolute Gasteiger partial charge is 0.495 e. The molecule has 2 atom stereocenters. The van der Waals surface area contributed by atoms with Gasteiger partial charge in [-0.2, -0.15) is 0 Å². The summed E-state index contributed by atoms with van der Waals surface area (Å²) < 4.78 is 10.4. The molecule has 2 rings (SSSR count). The van der Waals surface area contributed by atoms with Crippen molar-refractivity contribution in [3.05, 3.63) is 28.8 Å². The fraction of sp³-hybridized carbons (Fsp3) is 0.467. The monoisotopic (exact) mass is 327 g/mol. The van der Waals surface area contributed by atoms with E-state index in [4.69, 9.17) is 21.1 Å². The van der Waals surface area contributed by atoms with Gasteiger partial charge in [0.05, 0.1) is 18.7 Å². The Balaban J connectivity index is 2.12. The van der Waals surface area contributed by atoms with Crippen molar-refractivity contribution in [3.8, 4) is 5.75 Å². The minimum Gasteiger partial charge on any atom is -0.495 e. The van der Waals surface area contributed by atoms with Gasteiger partial charge in [-0.1, -0.05) is 11.6 Å². The predicted molar refractivity (Wildman–Crippen MR) is 80.4 cm³/mol. The van der Waals surface area contributed by atoms with Gasteiger partial charge in [0.1, 0.15) is 11.8 Å². The van der Waals surface area contributed by atoms with Gasteiger partial charge in [0.15, 0.2) is 0 Å². The highest BCUT2D eigenvalue weighted by Crippen LogP contribution is 2.25. The van der Waals surface area contributed by atoms with E-state index in [1.807, 2.05) is 0 Å². The van der Waals surface area contributed by atoms with Crippen LogP contribution in [0.2, 0.25) is 5.02 Å². The summed E-state index contributed by atoms with van der Waals surface area (Å²) in [5, 5.41) is 12.3. The van der Waals surface area contributed by atoms with Crippen LogP contribution >= 0.6 is 11.6 Å². The number of rotatable bonds is 5. The molecule has 0 bridgehead atoms. The maximum atomic E-state index is 12.3. The lowest BCUT2D eigenvalue weighted by Crippen LogP contribution is -2.48. The van der Waals surface area contributed by atoms with E-state index in [2.05, 4.69) is 5.32 Å². The summed E-state index contributed by atoms with van der Waals surface area (Å²) in [5.41, 5.74) is 0.296. The molecule has 1 heterocycles. The number of carbonyl (C=O) groups excluding carboxylic acids is 1. The molecule has 1 fully saturated rings. The number of nitrogens with one attached hydrogen (secondary N) is 1. The van der Waals surface area contributed by atoms with Gasteiger partial charge in [-0.3, -0.25) is 4.79 Å². The van der Waals surface area contributed by atoms with Crippen LogP contribution in [0.3, 0.4) is 0 Å². The molecule has 0 radical (unpaired) electrons. The van der Waals surface area contributed by atoms with Gasteiger partial charge < -0.3 is 19.9 Å². The highest BCUT2D eigenvalue weighted by Gasteiger charge is 2.31. The zero-order chi connectivity index (χ0) is 16.1. The van der Waals surface area contributed by atoms with Crippen LogP contribution in [0.1, 0.15) is 23.2 Å².